The summed E-state index contributed by atoms with van der Waals surface area (Å²) in [6, 6.07) is 0. The first-order valence-corrected chi connectivity index (χ1v) is 6.34. The quantitative estimate of drug-likeness (QED) is 0.701. The van der Waals surface area contributed by atoms with E-state index in [0.29, 0.717) is 0 Å². The maximum absolute atomic E-state index is 8.00. The second-order valence-electron chi connectivity index (χ2n) is 2.99. The molecule has 0 aromatic rings. The van der Waals surface area contributed by atoms with Gasteiger partial charge < -0.3 is 15.4 Å². The van der Waals surface area contributed by atoms with Crippen molar-refractivity contribution in [3.63, 3.8) is 0 Å². The van der Waals surface area contributed by atoms with Crippen LogP contribution in [-0.2, 0) is 4.79 Å². The SMILES string of the molecule is C=O.CC.CC.CC1CCN(C)CC1.CN. The van der Waals surface area contributed by atoms with Crippen LogP contribution in [0.4, 0.5) is 0 Å². The van der Waals surface area contributed by atoms with Gasteiger partial charge in [-0.25, -0.2) is 0 Å². The maximum Gasteiger partial charge on any atom is 0.106 e. The highest BCUT2D eigenvalue weighted by Gasteiger charge is 2.10. The predicted octanol–water partition coefficient (Wildman–Crippen LogP) is 2.79. The molecule has 1 aliphatic heterocycles. The Labute approximate surface area is 103 Å². The van der Waals surface area contributed by atoms with E-state index in [-0.39, 0.29) is 0 Å². The van der Waals surface area contributed by atoms with Crippen LogP contribution in [0.5, 0.6) is 0 Å². The molecule has 0 aromatic carbocycles. The highest BCUT2D eigenvalue weighted by molar-refractivity contribution is 5.10. The first-order chi connectivity index (χ1) is 7.79. The molecule has 0 aliphatic carbocycles. The Morgan fingerprint density at radius 3 is 1.44 bits per heavy atom. The Morgan fingerprint density at radius 1 is 1.00 bits per heavy atom. The van der Waals surface area contributed by atoms with E-state index in [1.165, 1.54) is 33.0 Å². The second-order valence-corrected chi connectivity index (χ2v) is 2.99. The number of nitrogens with two attached hydrogens (primary N) is 1. The summed E-state index contributed by atoms with van der Waals surface area (Å²) in [4.78, 5) is 10.4. The summed E-state index contributed by atoms with van der Waals surface area (Å²) in [6.07, 6.45) is 2.80. The molecule has 102 valence electrons. The van der Waals surface area contributed by atoms with E-state index in [4.69, 9.17) is 4.79 Å². The third-order valence-corrected chi connectivity index (χ3v) is 2.01. The van der Waals surface area contributed by atoms with E-state index in [9.17, 15) is 0 Å². The molecule has 0 aromatic heterocycles. The highest BCUT2D eigenvalue weighted by atomic mass is 16.1. The van der Waals surface area contributed by atoms with Gasteiger partial charge in [0.15, 0.2) is 0 Å². The second kappa shape index (κ2) is 29.3. The molecular formula is C13H34N2O. The lowest BCUT2D eigenvalue weighted by Crippen LogP contribution is -2.28. The fourth-order valence-electron chi connectivity index (χ4n) is 1.14. The molecule has 0 saturated carbocycles. The average Bonchev–Trinajstić information content (AvgIpc) is 2.42. The smallest absolute Gasteiger partial charge is 0.106 e. The van der Waals surface area contributed by atoms with Crippen LogP contribution >= 0.6 is 0 Å². The van der Waals surface area contributed by atoms with Gasteiger partial charge in [-0.1, -0.05) is 34.6 Å². The fraction of sp³-hybridized carbons (Fsp3) is 0.923. The third-order valence-electron chi connectivity index (χ3n) is 2.01. The van der Waals surface area contributed by atoms with E-state index >= 15 is 0 Å². The lowest BCUT2D eigenvalue weighted by Gasteiger charge is -2.26. The number of rotatable bonds is 0. The molecule has 1 aliphatic rings. The fourth-order valence-corrected chi connectivity index (χ4v) is 1.14. The van der Waals surface area contributed by atoms with E-state index in [1.807, 2.05) is 34.5 Å². The van der Waals surface area contributed by atoms with Crippen LogP contribution in [0.1, 0.15) is 47.5 Å². The average molecular weight is 234 g/mol. The van der Waals surface area contributed by atoms with Crippen LogP contribution in [-0.4, -0.2) is 38.9 Å². The van der Waals surface area contributed by atoms with Gasteiger partial charge in [-0.2, -0.15) is 0 Å². The minimum Gasteiger partial charge on any atom is -0.333 e. The van der Waals surface area contributed by atoms with Crippen molar-refractivity contribution in [1.82, 2.24) is 4.90 Å². The molecule has 0 unspecified atom stereocenters. The van der Waals surface area contributed by atoms with Crippen molar-refractivity contribution in [1.29, 1.82) is 0 Å². The summed E-state index contributed by atoms with van der Waals surface area (Å²) in [5, 5.41) is 0. The van der Waals surface area contributed by atoms with Crippen molar-refractivity contribution in [3.05, 3.63) is 0 Å². The summed E-state index contributed by atoms with van der Waals surface area (Å²) in [5.41, 5.74) is 4.50. The number of likely N-dealkylation sites (tertiary alicyclic amines) is 1. The molecule has 0 amide bonds. The standard InChI is InChI=1S/C7H15N.2C2H6.CH5N.CH2O/c1-7-3-5-8(2)6-4-7;4*1-2/h7H,3-6H2,1-2H3;2*1-2H3;2H2,1H3;1H2. The molecule has 3 nitrogen and oxygen atoms in total. The summed E-state index contributed by atoms with van der Waals surface area (Å²) in [6.45, 7) is 15.0. The number of hydrogen-bond acceptors (Lipinski definition) is 3. The Kier molecular flexibility index (Phi) is 45.2. The van der Waals surface area contributed by atoms with E-state index in [0.717, 1.165) is 5.92 Å². The monoisotopic (exact) mass is 234 g/mol. The lowest BCUT2D eigenvalue weighted by atomic mass is 10.00. The molecule has 0 radical (unpaired) electrons. The molecule has 1 rings (SSSR count). The lowest BCUT2D eigenvalue weighted by molar-refractivity contribution is -0.0979. The summed E-state index contributed by atoms with van der Waals surface area (Å²) < 4.78 is 0. The Balaban J connectivity index is -0.0000000771. The number of nitrogens with zero attached hydrogens (tertiary/aromatic N) is 1. The topological polar surface area (TPSA) is 46.3 Å². The maximum atomic E-state index is 8.00. The van der Waals surface area contributed by atoms with Crippen molar-refractivity contribution in [2.45, 2.75) is 47.5 Å². The molecule has 16 heavy (non-hydrogen) atoms. The van der Waals surface area contributed by atoms with Crippen molar-refractivity contribution < 1.29 is 4.79 Å². The molecule has 2 N–H and O–H groups in total. The van der Waals surface area contributed by atoms with Crippen LogP contribution in [0.15, 0.2) is 0 Å². The molecule has 1 saturated heterocycles. The molecule has 1 heterocycles. The number of piperidine rings is 1. The first-order valence-electron chi connectivity index (χ1n) is 6.34. The Hall–Kier alpha value is -0.410. The van der Waals surface area contributed by atoms with Gasteiger partial charge in [0.05, 0.1) is 0 Å². The van der Waals surface area contributed by atoms with Gasteiger partial charge >= 0.3 is 0 Å². The van der Waals surface area contributed by atoms with E-state index < -0.39 is 0 Å². The third kappa shape index (κ3) is 23.4. The van der Waals surface area contributed by atoms with E-state index in [1.54, 1.807) is 0 Å². The van der Waals surface area contributed by atoms with Crippen molar-refractivity contribution in [3.8, 4) is 0 Å². The van der Waals surface area contributed by atoms with E-state index in [2.05, 4.69) is 24.6 Å². The van der Waals surface area contributed by atoms with Gasteiger partial charge in [-0.15, -0.1) is 0 Å². The molecular weight excluding hydrogens is 200 g/mol. The van der Waals surface area contributed by atoms with Crippen molar-refractivity contribution in [2.24, 2.45) is 11.7 Å². The number of hydrogen-bond donors (Lipinski definition) is 1. The van der Waals surface area contributed by atoms with Crippen LogP contribution in [0, 0.1) is 5.92 Å². The largest absolute Gasteiger partial charge is 0.333 e. The van der Waals surface area contributed by atoms with Crippen molar-refractivity contribution in [2.75, 3.05) is 27.2 Å². The number of carbonyl (C=O) groups is 1. The van der Waals surface area contributed by atoms with Crippen molar-refractivity contribution >= 4 is 6.79 Å². The minimum atomic E-state index is 0.978. The van der Waals surface area contributed by atoms with Crippen LogP contribution in [0.25, 0.3) is 0 Å². The minimum absolute atomic E-state index is 0.978. The summed E-state index contributed by atoms with van der Waals surface area (Å²) in [5.74, 6) is 0.978. The number of carbonyl (C=O) groups excluding carboxylic acids is 1. The zero-order valence-corrected chi connectivity index (χ0v) is 12.5. The summed E-state index contributed by atoms with van der Waals surface area (Å²) in [7, 11) is 3.70. The van der Waals surface area contributed by atoms with Gasteiger partial charge in [0, 0.05) is 0 Å². The molecule has 0 bridgehead atoms. The highest BCUT2D eigenvalue weighted by Crippen LogP contribution is 2.13. The first kappa shape index (κ1) is 24.7. The Morgan fingerprint density at radius 2 is 1.25 bits per heavy atom. The predicted molar refractivity (Wildman–Crippen MR) is 75.8 cm³/mol. The normalized spacial score (nSPS) is 14.5. The molecule has 0 atom stereocenters. The molecule has 3 heteroatoms. The van der Waals surface area contributed by atoms with Gasteiger partial charge in [0.2, 0.25) is 0 Å². The van der Waals surface area contributed by atoms with Crippen LogP contribution in [0.3, 0.4) is 0 Å². The van der Waals surface area contributed by atoms with Crippen LogP contribution < -0.4 is 5.73 Å². The van der Waals surface area contributed by atoms with Gasteiger partial charge in [0.25, 0.3) is 0 Å². The van der Waals surface area contributed by atoms with Gasteiger partial charge in [-0.3, -0.25) is 0 Å². The molecule has 0 spiro atoms. The molecule has 1 fully saturated rings. The summed E-state index contributed by atoms with van der Waals surface area (Å²) >= 11 is 0. The van der Waals surface area contributed by atoms with Crippen LogP contribution in [0.2, 0.25) is 0 Å². The Bertz CT molecular complexity index is 72.0. The van der Waals surface area contributed by atoms with Gasteiger partial charge in [0.1, 0.15) is 6.79 Å². The zero-order valence-electron chi connectivity index (χ0n) is 12.5. The zero-order chi connectivity index (χ0) is 14.0. The van der Waals surface area contributed by atoms with Gasteiger partial charge in [-0.05, 0) is 45.9 Å².